The molecule has 0 aromatic heterocycles. The van der Waals surface area contributed by atoms with Gasteiger partial charge in [0.25, 0.3) is 0 Å². The van der Waals surface area contributed by atoms with Crippen LogP contribution < -0.4 is 0 Å². The minimum Gasteiger partial charge on any atom is -0.198 e. The molecule has 1 nitrogen and oxygen atoms in total. The topological polar surface area (TPSA) is 23.8 Å². The van der Waals surface area contributed by atoms with Gasteiger partial charge in [0.05, 0.1) is 11.5 Å². The SMILES string of the molecule is CCCC1CCC(C#N)(Cc2cccc(C)c2)CC1. The van der Waals surface area contributed by atoms with Crippen LogP contribution in [0.15, 0.2) is 24.3 Å². The fraction of sp³-hybridized carbons (Fsp3) is 0.611. The highest BCUT2D eigenvalue weighted by Gasteiger charge is 2.35. The zero-order valence-electron chi connectivity index (χ0n) is 12.3. The van der Waals surface area contributed by atoms with Crippen LogP contribution >= 0.6 is 0 Å². The molecule has 0 spiro atoms. The maximum Gasteiger partial charge on any atom is 0.0693 e. The van der Waals surface area contributed by atoms with Gasteiger partial charge in [-0.05, 0) is 50.5 Å². The lowest BCUT2D eigenvalue weighted by atomic mass is 9.67. The summed E-state index contributed by atoms with van der Waals surface area (Å²) < 4.78 is 0. The molecule has 0 amide bonds. The Labute approximate surface area is 117 Å². The summed E-state index contributed by atoms with van der Waals surface area (Å²) in [5.41, 5.74) is 2.53. The highest BCUT2D eigenvalue weighted by Crippen LogP contribution is 2.42. The number of hydrogen-bond donors (Lipinski definition) is 0. The standard InChI is InChI=1S/C18H25N/c1-3-5-16-8-10-18(14-19,11-9-16)13-17-7-4-6-15(2)12-17/h4,6-7,12,16H,3,5,8-11,13H2,1-2H3. The minimum absolute atomic E-state index is 0.0992. The van der Waals surface area contributed by atoms with Crippen LogP contribution in [0.2, 0.25) is 0 Å². The molecular weight excluding hydrogens is 230 g/mol. The minimum atomic E-state index is -0.0992. The van der Waals surface area contributed by atoms with Crippen LogP contribution in [-0.2, 0) is 6.42 Å². The molecule has 0 bridgehead atoms. The molecule has 1 aliphatic rings. The van der Waals surface area contributed by atoms with E-state index in [9.17, 15) is 5.26 Å². The fourth-order valence-corrected chi connectivity index (χ4v) is 3.47. The van der Waals surface area contributed by atoms with Crippen LogP contribution in [-0.4, -0.2) is 0 Å². The third-order valence-electron chi connectivity index (χ3n) is 4.62. The first-order valence-corrected chi connectivity index (χ1v) is 7.64. The average Bonchev–Trinajstić information content (AvgIpc) is 2.42. The average molecular weight is 255 g/mol. The number of hydrogen-bond acceptors (Lipinski definition) is 1. The lowest BCUT2D eigenvalue weighted by Crippen LogP contribution is -2.28. The van der Waals surface area contributed by atoms with Crippen LogP contribution in [0.3, 0.4) is 0 Å². The molecule has 0 heterocycles. The van der Waals surface area contributed by atoms with Crippen LogP contribution in [0.1, 0.15) is 56.6 Å². The number of rotatable bonds is 4. The third-order valence-corrected chi connectivity index (χ3v) is 4.62. The van der Waals surface area contributed by atoms with Crippen LogP contribution in [0, 0.1) is 29.6 Å². The van der Waals surface area contributed by atoms with E-state index in [2.05, 4.69) is 44.2 Å². The molecule has 1 aliphatic carbocycles. The Morgan fingerprint density at radius 2 is 2.05 bits per heavy atom. The first-order chi connectivity index (χ1) is 9.17. The van der Waals surface area contributed by atoms with Gasteiger partial charge in [-0.1, -0.05) is 49.6 Å². The monoisotopic (exact) mass is 255 g/mol. The second kappa shape index (κ2) is 6.24. The summed E-state index contributed by atoms with van der Waals surface area (Å²) in [6.45, 7) is 4.39. The molecule has 1 fully saturated rings. The molecular formula is C18H25N. The Morgan fingerprint density at radius 1 is 1.32 bits per heavy atom. The summed E-state index contributed by atoms with van der Waals surface area (Å²) in [5.74, 6) is 0.865. The first kappa shape index (κ1) is 14.1. The van der Waals surface area contributed by atoms with E-state index in [1.165, 1.54) is 36.8 Å². The van der Waals surface area contributed by atoms with Gasteiger partial charge in [0.15, 0.2) is 0 Å². The highest BCUT2D eigenvalue weighted by atomic mass is 14.4. The molecule has 0 saturated heterocycles. The summed E-state index contributed by atoms with van der Waals surface area (Å²) in [6.07, 6.45) is 8.21. The number of benzene rings is 1. The fourth-order valence-electron chi connectivity index (χ4n) is 3.47. The molecule has 0 atom stereocenters. The van der Waals surface area contributed by atoms with E-state index in [1.807, 2.05) is 0 Å². The maximum atomic E-state index is 9.64. The largest absolute Gasteiger partial charge is 0.198 e. The van der Waals surface area contributed by atoms with Gasteiger partial charge in [-0.15, -0.1) is 0 Å². The smallest absolute Gasteiger partial charge is 0.0693 e. The van der Waals surface area contributed by atoms with Crippen molar-refractivity contribution in [2.24, 2.45) is 11.3 Å². The zero-order valence-corrected chi connectivity index (χ0v) is 12.3. The third kappa shape index (κ3) is 3.60. The maximum absolute atomic E-state index is 9.64. The zero-order chi connectivity index (χ0) is 13.7. The van der Waals surface area contributed by atoms with Gasteiger partial charge < -0.3 is 0 Å². The predicted octanol–water partition coefficient (Wildman–Crippen LogP) is 5.04. The van der Waals surface area contributed by atoms with Gasteiger partial charge in [0.2, 0.25) is 0 Å². The molecule has 1 aromatic rings. The number of nitriles is 1. The van der Waals surface area contributed by atoms with E-state index in [-0.39, 0.29) is 5.41 Å². The van der Waals surface area contributed by atoms with Crippen LogP contribution in [0.25, 0.3) is 0 Å². The lowest BCUT2D eigenvalue weighted by Gasteiger charge is -2.35. The molecule has 1 heteroatoms. The first-order valence-electron chi connectivity index (χ1n) is 7.64. The van der Waals surface area contributed by atoms with Gasteiger partial charge in [-0.3, -0.25) is 0 Å². The molecule has 2 rings (SSSR count). The van der Waals surface area contributed by atoms with Crippen molar-refractivity contribution < 1.29 is 0 Å². The van der Waals surface area contributed by atoms with Gasteiger partial charge in [0.1, 0.15) is 0 Å². The van der Waals surface area contributed by atoms with E-state index < -0.39 is 0 Å². The molecule has 0 radical (unpaired) electrons. The molecule has 0 N–H and O–H groups in total. The van der Waals surface area contributed by atoms with E-state index >= 15 is 0 Å². The Bertz CT molecular complexity index is 447. The van der Waals surface area contributed by atoms with Crippen molar-refractivity contribution in [2.45, 2.75) is 58.8 Å². The van der Waals surface area contributed by atoms with E-state index in [4.69, 9.17) is 0 Å². The summed E-state index contributed by atoms with van der Waals surface area (Å²) in [4.78, 5) is 0. The van der Waals surface area contributed by atoms with Crippen molar-refractivity contribution in [2.75, 3.05) is 0 Å². The highest BCUT2D eigenvalue weighted by molar-refractivity contribution is 5.25. The molecule has 1 aromatic carbocycles. The summed E-state index contributed by atoms with van der Waals surface area (Å²) >= 11 is 0. The summed E-state index contributed by atoms with van der Waals surface area (Å²) in [7, 11) is 0. The summed E-state index contributed by atoms with van der Waals surface area (Å²) in [6, 6.07) is 11.3. The van der Waals surface area contributed by atoms with E-state index in [0.29, 0.717) is 0 Å². The van der Waals surface area contributed by atoms with Crippen molar-refractivity contribution in [3.63, 3.8) is 0 Å². The number of aryl methyl sites for hydroxylation is 1. The Balaban J connectivity index is 2.03. The van der Waals surface area contributed by atoms with Crippen molar-refractivity contribution in [3.8, 4) is 6.07 Å². The predicted molar refractivity (Wildman–Crippen MR) is 79.8 cm³/mol. The molecule has 102 valence electrons. The van der Waals surface area contributed by atoms with Gasteiger partial charge >= 0.3 is 0 Å². The van der Waals surface area contributed by atoms with Crippen molar-refractivity contribution in [1.82, 2.24) is 0 Å². The normalized spacial score (nSPS) is 26.9. The van der Waals surface area contributed by atoms with Gasteiger partial charge in [-0.25, -0.2) is 0 Å². The van der Waals surface area contributed by atoms with Gasteiger partial charge in [-0.2, -0.15) is 5.26 Å². The summed E-state index contributed by atoms with van der Waals surface area (Å²) in [5, 5.41) is 9.64. The Morgan fingerprint density at radius 3 is 2.63 bits per heavy atom. The molecule has 0 aliphatic heterocycles. The van der Waals surface area contributed by atoms with Gasteiger partial charge in [0, 0.05) is 0 Å². The lowest BCUT2D eigenvalue weighted by molar-refractivity contribution is 0.201. The number of nitrogens with zero attached hydrogens (tertiary/aromatic N) is 1. The van der Waals surface area contributed by atoms with E-state index in [1.54, 1.807) is 0 Å². The molecule has 1 saturated carbocycles. The second-order valence-corrected chi connectivity index (χ2v) is 6.29. The Hall–Kier alpha value is -1.29. The molecule has 0 unspecified atom stereocenters. The van der Waals surface area contributed by atoms with Crippen LogP contribution in [0.5, 0.6) is 0 Å². The van der Waals surface area contributed by atoms with Crippen molar-refractivity contribution in [1.29, 1.82) is 5.26 Å². The second-order valence-electron chi connectivity index (χ2n) is 6.29. The van der Waals surface area contributed by atoms with E-state index in [0.717, 1.165) is 25.2 Å². The van der Waals surface area contributed by atoms with Crippen LogP contribution in [0.4, 0.5) is 0 Å². The Kier molecular flexibility index (Phi) is 4.64. The van der Waals surface area contributed by atoms with Crippen molar-refractivity contribution >= 4 is 0 Å². The van der Waals surface area contributed by atoms with Crippen molar-refractivity contribution in [3.05, 3.63) is 35.4 Å². The molecule has 19 heavy (non-hydrogen) atoms. The quantitative estimate of drug-likeness (QED) is 0.739.